The van der Waals surface area contributed by atoms with Crippen LogP contribution in [0.4, 0.5) is 0 Å². The van der Waals surface area contributed by atoms with E-state index in [2.05, 4.69) is 243 Å². The fourth-order valence-corrected chi connectivity index (χ4v) is 12.1. The summed E-state index contributed by atoms with van der Waals surface area (Å²) in [7, 11) is 0. The summed E-state index contributed by atoms with van der Waals surface area (Å²) < 4.78 is 2.28. The van der Waals surface area contributed by atoms with E-state index in [1.54, 1.807) is 0 Å². The van der Waals surface area contributed by atoms with Gasteiger partial charge in [-0.3, -0.25) is 9.55 Å². The summed E-state index contributed by atoms with van der Waals surface area (Å²) >= 11 is 0. The van der Waals surface area contributed by atoms with Crippen molar-refractivity contribution in [3.05, 3.63) is 278 Å². The van der Waals surface area contributed by atoms with Gasteiger partial charge >= 0.3 is 0 Å². The second kappa shape index (κ2) is 22.6. The Morgan fingerprint density at radius 1 is 0.475 bits per heavy atom. The standard InChI is InChI=1S/C75H60N3O.Pt/c1-75(2,61-29-13-6-14-30-61)62-40-38-54(39-41-62)57-43-44-76-69(50-57)60-48-58(53-23-7-3-8-24-53)47-59(49-60)64-33-20-36-71-72(64)77-74(67-35-19-34-66(73(67)79)65-32-18-17-31-63(65)55-25-9-4-10-26-55)78(71)70-42-37-52(45-51-21-15-16-22-51)46-68(70)56-27-11-5-12-28-56;/h3-14,17-20,23-44,46-48,50-51,79H,15-16,21-22,45H2,1-2H3;/q-1;. The van der Waals surface area contributed by atoms with Crippen molar-refractivity contribution in [1.82, 2.24) is 14.5 Å². The van der Waals surface area contributed by atoms with Gasteiger partial charge in [-0.15, -0.1) is 23.8 Å². The second-order valence-electron chi connectivity index (χ2n) is 21.7. The fourth-order valence-electron chi connectivity index (χ4n) is 12.1. The molecular weight excluding hydrogens is 1150 g/mol. The monoisotopic (exact) mass is 1210 g/mol. The van der Waals surface area contributed by atoms with Crippen LogP contribution >= 0.6 is 0 Å². The molecule has 0 atom stereocenters. The number of phenols is 1. The molecule has 0 amide bonds. The van der Waals surface area contributed by atoms with Crippen LogP contribution in [0.15, 0.2) is 255 Å². The first-order valence-corrected chi connectivity index (χ1v) is 27.8. The predicted molar refractivity (Wildman–Crippen MR) is 327 cm³/mol. The van der Waals surface area contributed by atoms with Crippen LogP contribution in [0.1, 0.15) is 56.2 Å². The number of phenolic OH excluding ortho intramolecular Hbond substituents is 1. The molecule has 5 heteroatoms. The molecule has 0 aliphatic heterocycles. The van der Waals surface area contributed by atoms with E-state index >= 15 is 0 Å². The van der Waals surface area contributed by atoms with Crippen molar-refractivity contribution in [3.8, 4) is 101 Å². The number of rotatable bonds is 13. The molecular formula is C75H60N3OPt-. The number of hydrogen-bond donors (Lipinski definition) is 1. The average Bonchev–Trinajstić information content (AvgIpc) is 4.19. The van der Waals surface area contributed by atoms with Gasteiger partial charge in [0.25, 0.3) is 0 Å². The van der Waals surface area contributed by atoms with E-state index in [0.717, 1.165) is 101 Å². The topological polar surface area (TPSA) is 50.9 Å². The zero-order chi connectivity index (χ0) is 53.3. The van der Waals surface area contributed by atoms with Crippen molar-refractivity contribution in [3.63, 3.8) is 0 Å². The van der Waals surface area contributed by atoms with Crippen LogP contribution in [0.3, 0.4) is 0 Å². The Bertz CT molecular complexity index is 4130. The normalized spacial score (nSPS) is 12.6. The number of aromatic nitrogens is 3. The Balaban J connectivity index is 0.00000637. The molecule has 1 N–H and O–H groups in total. The SMILES string of the molecule is CC(C)(c1ccccc1)c1ccc(-c2ccnc(-c3[c-]c(-c4cccc5c4nc(-c4cccc(-c6ccccc6-c6ccccc6)c4O)n5-c4ccc(CC5CCCC5)cc4-c4ccccc4)cc(-c4ccccc4)c3)c2)cc1.[Pt]. The Morgan fingerprint density at radius 2 is 1.04 bits per heavy atom. The van der Waals surface area contributed by atoms with Crippen molar-refractivity contribution < 1.29 is 26.2 Å². The van der Waals surface area contributed by atoms with Crippen molar-refractivity contribution >= 4 is 11.0 Å². The van der Waals surface area contributed by atoms with E-state index < -0.39 is 0 Å². The van der Waals surface area contributed by atoms with Crippen molar-refractivity contribution in [2.24, 2.45) is 5.92 Å². The zero-order valence-electron chi connectivity index (χ0n) is 45.0. The molecule has 2 aromatic heterocycles. The smallest absolute Gasteiger partial charge is 0.148 e. The Morgan fingerprint density at radius 3 is 1.75 bits per heavy atom. The summed E-state index contributed by atoms with van der Waals surface area (Å²) in [5, 5.41) is 12.9. The van der Waals surface area contributed by atoms with E-state index in [9.17, 15) is 5.11 Å². The van der Waals surface area contributed by atoms with E-state index in [1.165, 1.54) is 42.4 Å². The summed E-state index contributed by atoms with van der Waals surface area (Å²) in [4.78, 5) is 10.8. The van der Waals surface area contributed by atoms with Crippen LogP contribution < -0.4 is 0 Å². The minimum atomic E-state index is -0.144. The molecule has 1 fully saturated rings. The molecule has 13 rings (SSSR count). The molecule has 392 valence electrons. The molecule has 0 unspecified atom stereocenters. The number of para-hydroxylation sites is 2. The van der Waals surface area contributed by atoms with Gasteiger partial charge in [-0.25, -0.2) is 4.98 Å². The maximum absolute atomic E-state index is 12.9. The van der Waals surface area contributed by atoms with Gasteiger partial charge in [0.05, 0.1) is 22.3 Å². The van der Waals surface area contributed by atoms with Crippen LogP contribution in [0.2, 0.25) is 0 Å². The van der Waals surface area contributed by atoms with Crippen LogP contribution in [0, 0.1) is 12.0 Å². The third-order valence-electron chi connectivity index (χ3n) is 16.4. The predicted octanol–water partition coefficient (Wildman–Crippen LogP) is 19.3. The van der Waals surface area contributed by atoms with Crippen molar-refractivity contribution in [2.75, 3.05) is 0 Å². The maximum Gasteiger partial charge on any atom is 0.148 e. The Kier molecular flexibility index (Phi) is 14.7. The van der Waals surface area contributed by atoms with Crippen molar-refractivity contribution in [2.45, 2.75) is 51.4 Å². The first-order valence-electron chi connectivity index (χ1n) is 27.8. The van der Waals surface area contributed by atoms with E-state index in [0.29, 0.717) is 17.3 Å². The number of benzene rings is 10. The second-order valence-corrected chi connectivity index (χ2v) is 21.7. The third-order valence-corrected chi connectivity index (χ3v) is 16.4. The van der Waals surface area contributed by atoms with Gasteiger partial charge < -0.3 is 5.11 Å². The largest absolute Gasteiger partial charge is 0.507 e. The van der Waals surface area contributed by atoms with Gasteiger partial charge in [-0.1, -0.05) is 262 Å². The Labute approximate surface area is 484 Å². The van der Waals surface area contributed by atoms with E-state index in [4.69, 9.17) is 9.97 Å². The number of aromatic hydroxyl groups is 1. The molecule has 12 aromatic rings. The first kappa shape index (κ1) is 52.0. The molecule has 10 aromatic carbocycles. The van der Waals surface area contributed by atoms with Crippen LogP contribution in [0.25, 0.3) is 106 Å². The molecule has 1 saturated carbocycles. The minimum absolute atomic E-state index is 0. The first-order chi connectivity index (χ1) is 38.8. The summed E-state index contributed by atoms with van der Waals surface area (Å²) in [6.45, 7) is 4.57. The van der Waals surface area contributed by atoms with Gasteiger partial charge in [-0.2, -0.15) is 0 Å². The number of fused-ring (bicyclic) bond motifs is 1. The molecule has 80 heavy (non-hydrogen) atoms. The van der Waals surface area contributed by atoms with Gasteiger partial charge in [-0.05, 0) is 98.3 Å². The van der Waals surface area contributed by atoms with Gasteiger partial charge in [0.1, 0.15) is 11.6 Å². The fraction of sp³-hybridized carbons (Fsp3) is 0.120. The molecule has 0 spiro atoms. The molecule has 0 saturated heterocycles. The summed E-state index contributed by atoms with van der Waals surface area (Å²) in [6, 6.07) is 91.8. The summed E-state index contributed by atoms with van der Waals surface area (Å²) in [5.41, 5.74) is 21.0. The Hall–Kier alpha value is -8.69. The molecule has 4 nitrogen and oxygen atoms in total. The van der Waals surface area contributed by atoms with Gasteiger partial charge in [0.15, 0.2) is 0 Å². The molecule has 2 heterocycles. The number of pyridine rings is 1. The third kappa shape index (κ3) is 10.2. The number of imidazole rings is 1. The molecule has 1 aliphatic rings. The van der Waals surface area contributed by atoms with Crippen LogP contribution in [0.5, 0.6) is 5.75 Å². The number of nitrogens with zero attached hydrogens (tertiary/aromatic N) is 3. The summed E-state index contributed by atoms with van der Waals surface area (Å²) in [6.07, 6.45) is 8.12. The minimum Gasteiger partial charge on any atom is -0.507 e. The summed E-state index contributed by atoms with van der Waals surface area (Å²) in [5.74, 6) is 1.50. The zero-order valence-corrected chi connectivity index (χ0v) is 47.2. The van der Waals surface area contributed by atoms with Gasteiger partial charge in [0, 0.05) is 49.5 Å². The van der Waals surface area contributed by atoms with Gasteiger partial charge in [0.2, 0.25) is 0 Å². The number of hydrogen-bond acceptors (Lipinski definition) is 3. The molecule has 1 aliphatic carbocycles. The van der Waals surface area contributed by atoms with E-state index in [1.807, 2.05) is 36.5 Å². The molecule has 0 bridgehead atoms. The van der Waals surface area contributed by atoms with E-state index in [-0.39, 0.29) is 32.2 Å². The van der Waals surface area contributed by atoms with Crippen LogP contribution in [-0.2, 0) is 32.9 Å². The van der Waals surface area contributed by atoms with Crippen LogP contribution in [-0.4, -0.2) is 19.6 Å². The quantitative estimate of drug-likeness (QED) is 0.117. The van der Waals surface area contributed by atoms with Crippen molar-refractivity contribution in [1.29, 1.82) is 0 Å². The molecule has 0 radical (unpaired) electrons. The maximum atomic E-state index is 12.9. The average molecular weight is 1210 g/mol.